The van der Waals surface area contributed by atoms with Crippen molar-refractivity contribution in [2.45, 2.75) is 37.5 Å². The van der Waals surface area contributed by atoms with E-state index in [0.717, 1.165) is 32.4 Å². The zero-order valence-corrected chi connectivity index (χ0v) is 15.8. The third-order valence-electron chi connectivity index (χ3n) is 4.71. The Morgan fingerprint density at radius 2 is 1.96 bits per heavy atom. The molecule has 0 radical (unpaired) electrons. The van der Waals surface area contributed by atoms with Gasteiger partial charge in [0.1, 0.15) is 5.75 Å². The monoisotopic (exact) mass is 368 g/mol. The third kappa shape index (κ3) is 5.71. The molecule has 0 spiro atoms. The average Bonchev–Trinajstić information content (AvgIpc) is 2.97. The molecule has 1 amide bonds. The van der Waals surface area contributed by atoms with E-state index in [2.05, 4.69) is 6.92 Å². The second kappa shape index (κ2) is 8.19. The number of nitrogens with two attached hydrogens (primary N) is 1. The van der Waals surface area contributed by atoms with Gasteiger partial charge in [0.05, 0.1) is 11.5 Å². The number of hydrogen-bond donors (Lipinski definition) is 1. The van der Waals surface area contributed by atoms with Crippen LogP contribution in [-0.2, 0) is 14.6 Å². The highest BCUT2D eigenvalue weighted by atomic mass is 32.2. The van der Waals surface area contributed by atoms with E-state index >= 15 is 0 Å². The van der Waals surface area contributed by atoms with Gasteiger partial charge >= 0.3 is 0 Å². The minimum absolute atomic E-state index is 0.0664. The van der Waals surface area contributed by atoms with Crippen molar-refractivity contribution in [3.05, 3.63) is 24.3 Å². The van der Waals surface area contributed by atoms with E-state index in [-0.39, 0.29) is 16.2 Å². The molecule has 2 rings (SSSR count). The van der Waals surface area contributed by atoms with Crippen molar-refractivity contribution in [3.63, 3.8) is 0 Å². The molecule has 2 N–H and O–H groups in total. The molecule has 7 heteroatoms. The van der Waals surface area contributed by atoms with Crippen LogP contribution in [0.15, 0.2) is 29.2 Å². The number of likely N-dealkylation sites (tertiary alicyclic amines) is 1. The van der Waals surface area contributed by atoms with Crippen LogP contribution in [0.3, 0.4) is 0 Å². The molecule has 0 aromatic heterocycles. The predicted octanol–water partition coefficient (Wildman–Crippen LogP) is 1.84. The van der Waals surface area contributed by atoms with Crippen LogP contribution in [0, 0.1) is 5.41 Å². The van der Waals surface area contributed by atoms with E-state index in [1.54, 1.807) is 12.1 Å². The van der Waals surface area contributed by atoms with E-state index in [4.69, 9.17) is 10.5 Å². The molecule has 1 aliphatic rings. The Balaban J connectivity index is 1.66. The minimum Gasteiger partial charge on any atom is -0.494 e. The van der Waals surface area contributed by atoms with Gasteiger partial charge in [-0.1, -0.05) is 6.92 Å². The molecule has 1 atom stereocenters. The van der Waals surface area contributed by atoms with Gasteiger partial charge in [-0.05, 0) is 55.5 Å². The van der Waals surface area contributed by atoms with E-state index in [1.807, 2.05) is 4.90 Å². The first-order valence-corrected chi connectivity index (χ1v) is 10.5. The topological polar surface area (TPSA) is 89.7 Å². The van der Waals surface area contributed by atoms with Crippen molar-refractivity contribution in [2.24, 2.45) is 11.1 Å². The first-order chi connectivity index (χ1) is 11.7. The van der Waals surface area contributed by atoms with Crippen molar-refractivity contribution in [2.75, 3.05) is 32.5 Å². The lowest BCUT2D eigenvalue weighted by atomic mass is 9.90. The quantitative estimate of drug-likeness (QED) is 0.707. The van der Waals surface area contributed by atoms with Crippen LogP contribution in [0.5, 0.6) is 5.75 Å². The van der Waals surface area contributed by atoms with Crippen molar-refractivity contribution < 1.29 is 17.9 Å². The van der Waals surface area contributed by atoms with Gasteiger partial charge in [0.15, 0.2) is 9.84 Å². The van der Waals surface area contributed by atoms with Crippen LogP contribution in [-0.4, -0.2) is 51.7 Å². The van der Waals surface area contributed by atoms with E-state index in [1.165, 1.54) is 18.4 Å². The maximum absolute atomic E-state index is 12.2. The van der Waals surface area contributed by atoms with Crippen LogP contribution in [0.2, 0.25) is 0 Å². The molecule has 1 heterocycles. The smallest absolute Gasteiger partial charge is 0.222 e. The first-order valence-electron chi connectivity index (χ1n) is 8.64. The highest BCUT2D eigenvalue weighted by molar-refractivity contribution is 7.90. The summed E-state index contributed by atoms with van der Waals surface area (Å²) in [4.78, 5) is 14.4. The molecule has 1 aromatic rings. The number of hydrogen-bond acceptors (Lipinski definition) is 5. The average molecular weight is 368 g/mol. The van der Waals surface area contributed by atoms with E-state index < -0.39 is 9.84 Å². The molecule has 1 aliphatic heterocycles. The number of sulfone groups is 1. The lowest BCUT2D eigenvalue weighted by Crippen LogP contribution is -2.34. The standard InChI is InChI=1S/C18H28N2O4S/c1-18(13-19)10-11-20(14-18)17(21)5-3-4-12-24-15-6-8-16(9-7-15)25(2,22)23/h6-9H,3-5,10-14,19H2,1-2H3. The Hall–Kier alpha value is -1.60. The van der Waals surface area contributed by atoms with Gasteiger partial charge in [-0.3, -0.25) is 4.79 Å². The fourth-order valence-electron chi connectivity index (χ4n) is 2.91. The highest BCUT2D eigenvalue weighted by Crippen LogP contribution is 2.29. The molecule has 0 aliphatic carbocycles. The number of benzene rings is 1. The number of nitrogens with zero attached hydrogens (tertiary/aromatic N) is 1. The van der Waals surface area contributed by atoms with E-state index in [0.29, 0.717) is 25.3 Å². The highest BCUT2D eigenvalue weighted by Gasteiger charge is 2.34. The number of amides is 1. The van der Waals surface area contributed by atoms with Crippen molar-refractivity contribution in [3.8, 4) is 5.75 Å². The SMILES string of the molecule is CC1(CN)CCN(C(=O)CCCCOc2ccc(S(C)(=O)=O)cc2)C1. The first kappa shape index (κ1) is 19.7. The maximum atomic E-state index is 12.2. The molecule has 6 nitrogen and oxygen atoms in total. The van der Waals surface area contributed by atoms with Crippen LogP contribution < -0.4 is 10.5 Å². The summed E-state index contributed by atoms with van der Waals surface area (Å²) in [6, 6.07) is 6.38. The van der Waals surface area contributed by atoms with Gasteiger partial charge in [0.2, 0.25) is 5.91 Å². The maximum Gasteiger partial charge on any atom is 0.222 e. The summed E-state index contributed by atoms with van der Waals surface area (Å²) in [5, 5.41) is 0. The largest absolute Gasteiger partial charge is 0.494 e. The Morgan fingerprint density at radius 3 is 2.52 bits per heavy atom. The molecular formula is C18H28N2O4S. The second-order valence-electron chi connectivity index (χ2n) is 7.13. The summed E-state index contributed by atoms with van der Waals surface area (Å²) in [5.41, 5.74) is 5.84. The molecule has 1 aromatic carbocycles. The number of carbonyl (C=O) groups excluding carboxylic acids is 1. The van der Waals surface area contributed by atoms with Gasteiger partial charge in [0.25, 0.3) is 0 Å². The van der Waals surface area contributed by atoms with E-state index in [9.17, 15) is 13.2 Å². The summed E-state index contributed by atoms with van der Waals surface area (Å²) in [6.45, 7) is 4.80. The molecule has 1 saturated heterocycles. The summed E-state index contributed by atoms with van der Waals surface area (Å²) in [5.74, 6) is 0.826. The molecule has 140 valence electrons. The lowest BCUT2D eigenvalue weighted by Gasteiger charge is -2.22. The fraction of sp³-hybridized carbons (Fsp3) is 0.611. The fourth-order valence-corrected chi connectivity index (χ4v) is 3.54. The van der Waals surface area contributed by atoms with Crippen LogP contribution >= 0.6 is 0 Å². The lowest BCUT2D eigenvalue weighted by molar-refractivity contribution is -0.130. The number of carbonyl (C=O) groups is 1. The molecule has 0 saturated carbocycles. The zero-order valence-electron chi connectivity index (χ0n) is 15.0. The zero-order chi connectivity index (χ0) is 18.5. The summed E-state index contributed by atoms with van der Waals surface area (Å²) >= 11 is 0. The van der Waals surface area contributed by atoms with Gasteiger partial charge in [-0.2, -0.15) is 0 Å². The second-order valence-corrected chi connectivity index (χ2v) is 9.14. The summed E-state index contributed by atoms with van der Waals surface area (Å²) < 4.78 is 28.4. The van der Waals surface area contributed by atoms with Crippen molar-refractivity contribution >= 4 is 15.7 Å². The normalized spacial score (nSPS) is 20.7. The number of unbranched alkanes of at least 4 members (excludes halogenated alkanes) is 1. The summed E-state index contributed by atoms with van der Waals surface area (Å²) in [6.07, 6.45) is 4.23. The molecular weight excluding hydrogens is 340 g/mol. The molecule has 1 unspecified atom stereocenters. The van der Waals surface area contributed by atoms with Crippen molar-refractivity contribution in [1.29, 1.82) is 0 Å². The van der Waals surface area contributed by atoms with Gasteiger partial charge < -0.3 is 15.4 Å². The van der Waals surface area contributed by atoms with Crippen LogP contribution in [0.1, 0.15) is 32.6 Å². The molecule has 0 bridgehead atoms. The Bertz CT molecular complexity index is 688. The number of ether oxygens (including phenoxy) is 1. The molecule has 1 fully saturated rings. The Kier molecular flexibility index (Phi) is 6.46. The van der Waals surface area contributed by atoms with Gasteiger partial charge in [0, 0.05) is 25.8 Å². The molecule has 25 heavy (non-hydrogen) atoms. The van der Waals surface area contributed by atoms with Gasteiger partial charge in [-0.15, -0.1) is 0 Å². The minimum atomic E-state index is -3.18. The van der Waals surface area contributed by atoms with Crippen molar-refractivity contribution in [1.82, 2.24) is 4.90 Å². The Labute approximate surface area is 150 Å². The van der Waals surface area contributed by atoms with Crippen LogP contribution in [0.4, 0.5) is 0 Å². The predicted molar refractivity (Wildman–Crippen MR) is 97.3 cm³/mol. The van der Waals surface area contributed by atoms with Gasteiger partial charge in [-0.25, -0.2) is 8.42 Å². The summed E-state index contributed by atoms with van der Waals surface area (Å²) in [7, 11) is -3.18. The number of rotatable bonds is 8. The van der Waals surface area contributed by atoms with Crippen LogP contribution in [0.25, 0.3) is 0 Å². The third-order valence-corrected chi connectivity index (χ3v) is 5.84. The Morgan fingerprint density at radius 1 is 1.28 bits per heavy atom.